The van der Waals surface area contributed by atoms with Crippen LogP contribution in [-0.4, -0.2) is 43.4 Å². The fourth-order valence-corrected chi connectivity index (χ4v) is 5.36. The highest BCUT2D eigenvalue weighted by Crippen LogP contribution is 2.41. The lowest BCUT2D eigenvalue weighted by Gasteiger charge is -2.28. The van der Waals surface area contributed by atoms with Crippen molar-refractivity contribution in [2.75, 3.05) is 29.8 Å². The van der Waals surface area contributed by atoms with E-state index >= 15 is 0 Å². The van der Waals surface area contributed by atoms with Crippen molar-refractivity contribution in [1.82, 2.24) is 14.9 Å². The predicted octanol–water partition coefficient (Wildman–Crippen LogP) is 3.62. The van der Waals surface area contributed by atoms with Crippen molar-refractivity contribution >= 4 is 27.3 Å². The van der Waals surface area contributed by atoms with Gasteiger partial charge in [0.15, 0.2) is 0 Å². The lowest BCUT2D eigenvalue weighted by Crippen LogP contribution is -2.31. The highest BCUT2D eigenvalue weighted by Gasteiger charge is 2.34. The first kappa shape index (κ1) is 19.0. The summed E-state index contributed by atoms with van der Waals surface area (Å²) in [6.45, 7) is 3.31. The van der Waals surface area contributed by atoms with Gasteiger partial charge in [-0.05, 0) is 49.7 Å². The molecule has 0 aliphatic carbocycles. The van der Waals surface area contributed by atoms with Crippen LogP contribution in [0.15, 0.2) is 59.6 Å². The normalized spacial score (nSPS) is 17.4. The van der Waals surface area contributed by atoms with Crippen LogP contribution in [0.1, 0.15) is 18.4 Å². The zero-order valence-electron chi connectivity index (χ0n) is 16.7. The fourth-order valence-electron chi connectivity index (χ4n) is 4.06. The summed E-state index contributed by atoms with van der Waals surface area (Å²) in [5.74, 6) is 0.371. The summed E-state index contributed by atoms with van der Waals surface area (Å²) in [4.78, 5) is 11.4. The molecule has 3 heterocycles. The average molecular weight is 422 g/mol. The first-order valence-electron chi connectivity index (χ1n) is 10.1. The Balaban J connectivity index is 1.42. The number of sulfonamides is 1. The van der Waals surface area contributed by atoms with E-state index in [0.717, 1.165) is 17.8 Å². The van der Waals surface area contributed by atoms with E-state index in [1.165, 1.54) is 42.0 Å². The summed E-state index contributed by atoms with van der Waals surface area (Å²) in [5.41, 5.74) is 3.95. The van der Waals surface area contributed by atoms with Crippen LogP contribution in [0.3, 0.4) is 0 Å². The Morgan fingerprint density at radius 2 is 1.77 bits per heavy atom. The highest BCUT2D eigenvalue weighted by molar-refractivity contribution is 7.93. The second-order valence-corrected chi connectivity index (χ2v) is 9.64. The van der Waals surface area contributed by atoms with Gasteiger partial charge in [0.1, 0.15) is 4.90 Å². The van der Waals surface area contributed by atoms with Crippen LogP contribution < -0.4 is 9.62 Å². The maximum Gasteiger partial charge on any atom is 0.267 e. The molecule has 8 heteroatoms. The summed E-state index contributed by atoms with van der Waals surface area (Å²) in [6.07, 6.45) is 3.95. The van der Waals surface area contributed by atoms with Crippen LogP contribution in [0, 0.1) is 0 Å². The Hall–Kier alpha value is -2.97. The van der Waals surface area contributed by atoms with Crippen LogP contribution in [0.25, 0.3) is 11.3 Å². The van der Waals surface area contributed by atoms with Crippen LogP contribution in [0.4, 0.5) is 17.3 Å². The molecule has 1 fully saturated rings. The Morgan fingerprint density at radius 3 is 2.53 bits per heavy atom. The number of para-hydroxylation sites is 1. The molecule has 2 aliphatic rings. The van der Waals surface area contributed by atoms with Gasteiger partial charge in [0.05, 0.1) is 17.6 Å². The number of rotatable bonds is 4. The molecule has 3 aromatic rings. The minimum absolute atomic E-state index is 0.121. The van der Waals surface area contributed by atoms with E-state index in [9.17, 15) is 8.42 Å². The number of anilines is 3. The molecular formula is C22H23N5O2S. The number of likely N-dealkylation sites (tertiary alicyclic amines) is 1. The maximum absolute atomic E-state index is 12.8. The smallest absolute Gasteiger partial charge is 0.267 e. The Kier molecular flexibility index (Phi) is 4.67. The average Bonchev–Trinajstić information content (AvgIpc) is 3.27. The SMILES string of the molecule is CN1c2ccccc2-c2nc(Nc3ccc(CN4CCCC4)cc3)ncc2S1(=O)=O. The third-order valence-corrected chi connectivity index (χ3v) is 7.48. The van der Waals surface area contributed by atoms with Gasteiger partial charge in [-0.1, -0.05) is 30.3 Å². The molecule has 7 nitrogen and oxygen atoms in total. The second-order valence-electron chi connectivity index (χ2n) is 7.70. The van der Waals surface area contributed by atoms with Crippen LogP contribution >= 0.6 is 0 Å². The monoisotopic (exact) mass is 421 g/mol. The van der Waals surface area contributed by atoms with Crippen molar-refractivity contribution in [3.05, 3.63) is 60.3 Å². The molecule has 154 valence electrons. The molecule has 1 N–H and O–H groups in total. The molecule has 5 rings (SSSR count). The van der Waals surface area contributed by atoms with Gasteiger partial charge in [-0.15, -0.1) is 0 Å². The van der Waals surface area contributed by atoms with Gasteiger partial charge >= 0.3 is 0 Å². The molecule has 0 amide bonds. The van der Waals surface area contributed by atoms with Gasteiger partial charge in [0.2, 0.25) is 5.95 Å². The molecule has 0 atom stereocenters. The summed E-state index contributed by atoms with van der Waals surface area (Å²) in [5, 5.41) is 3.20. The standard InChI is InChI=1S/C22H23N5O2S/c1-26-19-7-3-2-6-18(19)21-20(30(26,28)29)14-23-22(25-21)24-17-10-8-16(9-11-17)15-27-12-4-5-13-27/h2-3,6-11,14H,4-5,12-13,15H2,1H3,(H,23,24,25). The van der Waals surface area contributed by atoms with Crippen LogP contribution in [-0.2, 0) is 16.6 Å². The third-order valence-electron chi connectivity index (χ3n) is 5.71. The molecular weight excluding hydrogens is 398 g/mol. The largest absolute Gasteiger partial charge is 0.324 e. The van der Waals surface area contributed by atoms with Crippen molar-refractivity contribution in [1.29, 1.82) is 0 Å². The summed E-state index contributed by atoms with van der Waals surface area (Å²) in [7, 11) is -2.12. The van der Waals surface area contributed by atoms with Gasteiger partial charge in [0.25, 0.3) is 10.0 Å². The predicted molar refractivity (Wildman–Crippen MR) is 117 cm³/mol. The zero-order chi connectivity index (χ0) is 20.7. The van der Waals surface area contributed by atoms with Crippen LogP contribution in [0.5, 0.6) is 0 Å². The van der Waals surface area contributed by atoms with E-state index in [1.54, 1.807) is 13.1 Å². The minimum atomic E-state index is -3.67. The molecule has 0 radical (unpaired) electrons. The number of nitrogens with zero attached hydrogens (tertiary/aromatic N) is 4. The fraction of sp³-hybridized carbons (Fsp3) is 0.273. The number of hydrogen-bond donors (Lipinski definition) is 1. The molecule has 0 spiro atoms. The summed E-state index contributed by atoms with van der Waals surface area (Å²) in [6, 6.07) is 15.6. The van der Waals surface area contributed by atoms with Crippen molar-refractivity contribution in [3.63, 3.8) is 0 Å². The van der Waals surface area contributed by atoms with E-state index < -0.39 is 10.0 Å². The molecule has 0 saturated carbocycles. The minimum Gasteiger partial charge on any atom is -0.324 e. The van der Waals surface area contributed by atoms with E-state index in [1.807, 2.05) is 30.3 Å². The van der Waals surface area contributed by atoms with E-state index in [2.05, 4.69) is 32.3 Å². The Morgan fingerprint density at radius 1 is 1.03 bits per heavy atom. The van der Waals surface area contributed by atoms with Crippen molar-refractivity contribution in [2.45, 2.75) is 24.3 Å². The lowest BCUT2D eigenvalue weighted by atomic mass is 10.1. The van der Waals surface area contributed by atoms with Gasteiger partial charge in [-0.2, -0.15) is 0 Å². The first-order valence-corrected chi connectivity index (χ1v) is 11.5. The molecule has 0 bridgehead atoms. The number of benzene rings is 2. The van der Waals surface area contributed by atoms with Gasteiger partial charge < -0.3 is 5.32 Å². The molecule has 1 saturated heterocycles. The molecule has 30 heavy (non-hydrogen) atoms. The number of fused-ring (bicyclic) bond motifs is 3. The van der Waals surface area contributed by atoms with Crippen molar-refractivity contribution in [2.24, 2.45) is 0 Å². The van der Waals surface area contributed by atoms with Gasteiger partial charge in [0, 0.05) is 24.8 Å². The van der Waals surface area contributed by atoms with E-state index in [0.29, 0.717) is 17.3 Å². The third kappa shape index (κ3) is 3.32. The van der Waals surface area contributed by atoms with Crippen LogP contribution in [0.2, 0.25) is 0 Å². The Labute approximate surface area is 176 Å². The number of hydrogen-bond acceptors (Lipinski definition) is 6. The van der Waals surface area contributed by atoms with Crippen molar-refractivity contribution < 1.29 is 8.42 Å². The molecule has 2 aliphatic heterocycles. The van der Waals surface area contributed by atoms with E-state index in [4.69, 9.17) is 0 Å². The summed E-state index contributed by atoms with van der Waals surface area (Å²) >= 11 is 0. The Bertz CT molecular complexity index is 1190. The lowest BCUT2D eigenvalue weighted by molar-refractivity contribution is 0.331. The number of aromatic nitrogens is 2. The highest BCUT2D eigenvalue weighted by atomic mass is 32.2. The quantitative estimate of drug-likeness (QED) is 0.693. The summed E-state index contributed by atoms with van der Waals surface area (Å²) < 4.78 is 27.0. The van der Waals surface area contributed by atoms with Gasteiger partial charge in [-0.3, -0.25) is 9.21 Å². The first-order chi connectivity index (χ1) is 14.5. The molecule has 2 aromatic carbocycles. The zero-order valence-corrected chi connectivity index (χ0v) is 17.6. The van der Waals surface area contributed by atoms with Crippen molar-refractivity contribution in [3.8, 4) is 11.3 Å². The molecule has 1 aromatic heterocycles. The number of nitrogens with one attached hydrogen (secondary N) is 1. The van der Waals surface area contributed by atoms with E-state index in [-0.39, 0.29) is 4.90 Å². The maximum atomic E-state index is 12.8. The topological polar surface area (TPSA) is 78.4 Å². The van der Waals surface area contributed by atoms with Gasteiger partial charge in [-0.25, -0.2) is 18.4 Å². The second kappa shape index (κ2) is 7.37. The molecule has 0 unspecified atom stereocenters.